The number of anilines is 1. The molecule has 4 aromatic rings. The largest absolute Gasteiger partial charge is 0.322 e. The minimum Gasteiger partial charge on any atom is -0.322 e. The average Bonchev–Trinajstić information content (AvgIpc) is 3.19. The zero-order valence-electron chi connectivity index (χ0n) is 15.0. The van der Waals surface area contributed by atoms with Crippen molar-refractivity contribution in [2.45, 2.75) is 17.0 Å². The summed E-state index contributed by atoms with van der Waals surface area (Å²) in [6.45, 7) is 1.90. The van der Waals surface area contributed by atoms with Crippen molar-refractivity contribution in [1.29, 1.82) is 0 Å². The van der Waals surface area contributed by atoms with Crippen LogP contribution in [-0.4, -0.2) is 35.4 Å². The molecule has 1 N–H and O–H groups in total. The van der Waals surface area contributed by atoms with Gasteiger partial charge in [-0.05, 0) is 49.0 Å². The molecule has 4 rings (SSSR count). The van der Waals surface area contributed by atoms with Gasteiger partial charge in [0.1, 0.15) is 6.33 Å². The lowest BCUT2D eigenvalue weighted by Gasteiger charge is -2.07. The molecule has 1 aromatic carbocycles. The monoisotopic (exact) mass is 379 g/mol. The van der Waals surface area contributed by atoms with Gasteiger partial charge in [-0.3, -0.25) is 9.48 Å². The minimum atomic E-state index is -0.207. The topological polar surface area (TPSA) is 90.5 Å². The lowest BCUT2D eigenvalue weighted by molar-refractivity contribution is 0.102. The van der Waals surface area contributed by atoms with Crippen LogP contribution in [0.25, 0.3) is 11.0 Å². The van der Waals surface area contributed by atoms with Crippen LogP contribution in [0.2, 0.25) is 0 Å². The summed E-state index contributed by atoms with van der Waals surface area (Å²) in [5.41, 5.74) is 2.82. The van der Waals surface area contributed by atoms with E-state index in [-0.39, 0.29) is 5.91 Å². The van der Waals surface area contributed by atoms with Crippen LogP contribution in [0.1, 0.15) is 16.1 Å². The highest BCUT2D eigenvalue weighted by atomic mass is 32.2. The number of aromatic nitrogens is 6. The van der Waals surface area contributed by atoms with Gasteiger partial charge >= 0.3 is 0 Å². The first-order valence-corrected chi connectivity index (χ1v) is 9.05. The normalized spacial score (nSPS) is 11.1. The number of fused-ring (bicyclic) bond motifs is 1. The molecule has 0 aliphatic heterocycles. The van der Waals surface area contributed by atoms with Crippen molar-refractivity contribution < 1.29 is 4.79 Å². The quantitative estimate of drug-likeness (QED) is 0.586. The van der Waals surface area contributed by atoms with E-state index in [1.165, 1.54) is 11.8 Å². The zero-order valence-corrected chi connectivity index (χ0v) is 15.9. The number of benzene rings is 1. The van der Waals surface area contributed by atoms with Crippen molar-refractivity contribution in [2.24, 2.45) is 14.1 Å². The van der Waals surface area contributed by atoms with E-state index < -0.39 is 0 Å². The van der Waals surface area contributed by atoms with E-state index in [1.54, 1.807) is 17.2 Å². The summed E-state index contributed by atoms with van der Waals surface area (Å²) >= 11 is 1.51. The molecule has 3 heterocycles. The van der Waals surface area contributed by atoms with Gasteiger partial charge in [-0.15, -0.1) is 10.2 Å². The first-order valence-electron chi connectivity index (χ1n) is 8.24. The van der Waals surface area contributed by atoms with Gasteiger partial charge in [0.25, 0.3) is 5.91 Å². The Morgan fingerprint density at radius 1 is 1.19 bits per heavy atom. The smallest absolute Gasteiger partial charge is 0.257 e. The molecule has 0 bridgehead atoms. The van der Waals surface area contributed by atoms with Crippen LogP contribution >= 0.6 is 11.8 Å². The van der Waals surface area contributed by atoms with Gasteiger partial charge in [0.15, 0.2) is 10.8 Å². The number of aryl methyl sites for hydroxylation is 3. The molecule has 0 saturated heterocycles. The summed E-state index contributed by atoms with van der Waals surface area (Å²) in [5, 5.41) is 16.8. The Bertz CT molecular complexity index is 1130. The first kappa shape index (κ1) is 17.2. The number of nitrogens with one attached hydrogen (secondary N) is 1. The van der Waals surface area contributed by atoms with Gasteiger partial charge < -0.3 is 9.88 Å². The Balaban J connectivity index is 1.49. The van der Waals surface area contributed by atoms with E-state index in [9.17, 15) is 4.79 Å². The van der Waals surface area contributed by atoms with E-state index in [4.69, 9.17) is 0 Å². The van der Waals surface area contributed by atoms with Crippen molar-refractivity contribution in [3.05, 3.63) is 54.1 Å². The summed E-state index contributed by atoms with van der Waals surface area (Å²) < 4.78 is 3.56. The average molecular weight is 379 g/mol. The number of carbonyl (C=O) groups is 1. The van der Waals surface area contributed by atoms with E-state index in [0.717, 1.165) is 26.8 Å². The van der Waals surface area contributed by atoms with E-state index in [2.05, 4.69) is 25.6 Å². The molecule has 9 heteroatoms. The Hall–Kier alpha value is -3.20. The Morgan fingerprint density at radius 3 is 2.67 bits per heavy atom. The fourth-order valence-corrected chi connectivity index (χ4v) is 3.47. The summed E-state index contributed by atoms with van der Waals surface area (Å²) in [5.74, 6) is -0.207. The maximum Gasteiger partial charge on any atom is 0.257 e. The van der Waals surface area contributed by atoms with Gasteiger partial charge in [-0.25, -0.2) is 4.98 Å². The van der Waals surface area contributed by atoms with Crippen LogP contribution in [0.5, 0.6) is 0 Å². The van der Waals surface area contributed by atoms with E-state index in [1.807, 2.05) is 55.9 Å². The number of pyridine rings is 1. The van der Waals surface area contributed by atoms with E-state index in [0.29, 0.717) is 11.3 Å². The van der Waals surface area contributed by atoms with Crippen LogP contribution in [0.3, 0.4) is 0 Å². The molecule has 136 valence electrons. The number of carbonyl (C=O) groups excluding carboxylic acids is 1. The molecule has 0 atom stereocenters. The third kappa shape index (κ3) is 3.41. The lowest BCUT2D eigenvalue weighted by atomic mass is 10.2. The van der Waals surface area contributed by atoms with Gasteiger partial charge in [-0.2, -0.15) is 5.10 Å². The van der Waals surface area contributed by atoms with Gasteiger partial charge in [0.05, 0.1) is 11.3 Å². The van der Waals surface area contributed by atoms with Crippen LogP contribution in [0.15, 0.2) is 52.9 Å². The summed E-state index contributed by atoms with van der Waals surface area (Å²) in [6.07, 6.45) is 3.23. The van der Waals surface area contributed by atoms with Gasteiger partial charge in [0, 0.05) is 36.3 Å². The van der Waals surface area contributed by atoms with Crippen molar-refractivity contribution in [3.63, 3.8) is 0 Å². The summed E-state index contributed by atoms with van der Waals surface area (Å²) in [6, 6.07) is 9.40. The second-order valence-corrected chi connectivity index (χ2v) is 7.15. The molecule has 0 aliphatic carbocycles. The molecule has 0 spiro atoms. The lowest BCUT2D eigenvalue weighted by Crippen LogP contribution is -2.12. The van der Waals surface area contributed by atoms with E-state index >= 15 is 0 Å². The molecular weight excluding hydrogens is 362 g/mol. The fraction of sp³-hybridized carbons (Fsp3) is 0.167. The predicted molar refractivity (Wildman–Crippen MR) is 103 cm³/mol. The maximum atomic E-state index is 12.6. The highest BCUT2D eigenvalue weighted by Crippen LogP contribution is 2.26. The van der Waals surface area contributed by atoms with Crippen molar-refractivity contribution >= 4 is 34.4 Å². The third-order valence-corrected chi connectivity index (χ3v) is 5.18. The van der Waals surface area contributed by atoms with Gasteiger partial charge in [-0.1, -0.05) is 0 Å². The van der Waals surface area contributed by atoms with Crippen molar-refractivity contribution in [2.75, 3.05) is 5.32 Å². The molecule has 1 amide bonds. The summed E-state index contributed by atoms with van der Waals surface area (Å²) in [4.78, 5) is 17.9. The SMILES string of the molecule is Cc1nn(C)c2ncc(C(=O)Nc3ccc(Sc4nncn4C)cc3)cc12. The molecule has 8 nitrogen and oxygen atoms in total. The molecule has 0 aliphatic rings. The fourth-order valence-electron chi connectivity index (χ4n) is 2.71. The predicted octanol–water partition coefficient (Wildman–Crippen LogP) is 2.81. The number of hydrogen-bond acceptors (Lipinski definition) is 6. The Kier molecular flexibility index (Phi) is 4.36. The molecule has 0 radical (unpaired) electrons. The minimum absolute atomic E-state index is 0.207. The molecular formula is C18H17N7OS. The molecule has 0 fully saturated rings. The highest BCUT2D eigenvalue weighted by Gasteiger charge is 2.12. The van der Waals surface area contributed by atoms with Crippen molar-refractivity contribution in [3.8, 4) is 0 Å². The van der Waals surface area contributed by atoms with Crippen molar-refractivity contribution in [1.82, 2.24) is 29.5 Å². The highest BCUT2D eigenvalue weighted by molar-refractivity contribution is 7.99. The Labute approximate surface area is 159 Å². The number of hydrogen-bond donors (Lipinski definition) is 1. The summed E-state index contributed by atoms with van der Waals surface area (Å²) in [7, 11) is 3.73. The third-order valence-electron chi connectivity index (χ3n) is 4.12. The molecule has 3 aromatic heterocycles. The Morgan fingerprint density at radius 2 is 1.96 bits per heavy atom. The number of amides is 1. The molecule has 27 heavy (non-hydrogen) atoms. The number of rotatable bonds is 4. The molecule has 0 saturated carbocycles. The molecule has 0 unspecified atom stereocenters. The van der Waals surface area contributed by atoms with Crippen LogP contribution in [0.4, 0.5) is 5.69 Å². The zero-order chi connectivity index (χ0) is 19.0. The second-order valence-electron chi connectivity index (χ2n) is 6.11. The number of nitrogens with zero attached hydrogens (tertiary/aromatic N) is 6. The van der Waals surface area contributed by atoms with Crippen LogP contribution in [0, 0.1) is 6.92 Å². The maximum absolute atomic E-state index is 12.6. The van der Waals surface area contributed by atoms with Crippen LogP contribution in [-0.2, 0) is 14.1 Å². The second kappa shape index (κ2) is 6.84. The van der Waals surface area contributed by atoms with Gasteiger partial charge in [0.2, 0.25) is 0 Å². The van der Waals surface area contributed by atoms with Crippen LogP contribution < -0.4 is 5.32 Å². The standard InChI is InChI=1S/C18H17N7OS/c1-11-15-8-12(9-19-16(15)25(3)23-11)17(26)21-13-4-6-14(7-5-13)27-18-22-20-10-24(18)2/h4-10H,1-3H3,(H,21,26). The first-order chi connectivity index (χ1) is 13.0.